The van der Waals surface area contributed by atoms with E-state index in [1.807, 2.05) is 24.3 Å². The fourth-order valence-corrected chi connectivity index (χ4v) is 4.71. The number of rotatable bonds is 8. The van der Waals surface area contributed by atoms with Gasteiger partial charge in [0.2, 0.25) is 0 Å². The van der Waals surface area contributed by atoms with Gasteiger partial charge in [0.15, 0.2) is 5.58 Å². The number of aryl methyl sites for hydroxylation is 1. The number of hydrogen-bond acceptors (Lipinski definition) is 4. The van der Waals surface area contributed by atoms with Gasteiger partial charge in [-0.2, -0.15) is 0 Å². The molecule has 0 aliphatic carbocycles. The van der Waals surface area contributed by atoms with E-state index < -0.39 is 0 Å². The second-order valence-electron chi connectivity index (χ2n) is 8.89. The van der Waals surface area contributed by atoms with E-state index in [1.54, 1.807) is 0 Å². The highest BCUT2D eigenvalue weighted by Crippen LogP contribution is 2.28. The first-order valence-electron chi connectivity index (χ1n) is 11.8. The summed E-state index contributed by atoms with van der Waals surface area (Å²) in [4.78, 5) is 2.62. The van der Waals surface area contributed by atoms with Gasteiger partial charge < -0.3 is 14.7 Å². The Kier molecular flexibility index (Phi) is 6.50. The maximum atomic E-state index is 5.66. The van der Waals surface area contributed by atoms with Gasteiger partial charge in [0.25, 0.3) is 0 Å². The lowest BCUT2D eigenvalue weighted by Crippen LogP contribution is -2.35. The largest absolute Gasteiger partial charge is 0.356 e. The van der Waals surface area contributed by atoms with Crippen molar-refractivity contribution in [3.63, 3.8) is 0 Å². The van der Waals surface area contributed by atoms with E-state index in [-0.39, 0.29) is 0 Å². The van der Waals surface area contributed by atoms with Crippen molar-refractivity contribution in [2.24, 2.45) is 5.92 Å². The molecule has 1 saturated heterocycles. The molecule has 3 aromatic carbocycles. The second-order valence-corrected chi connectivity index (χ2v) is 8.89. The highest BCUT2D eigenvalue weighted by atomic mass is 16.5. The van der Waals surface area contributed by atoms with E-state index in [2.05, 4.69) is 70.0 Å². The molecule has 0 amide bonds. The monoisotopic (exact) mass is 425 g/mol. The first-order chi connectivity index (χ1) is 15.8. The predicted molar refractivity (Wildman–Crippen MR) is 131 cm³/mol. The van der Waals surface area contributed by atoms with Crippen LogP contribution in [0.3, 0.4) is 0 Å². The molecular weight excluding hydrogens is 394 g/mol. The zero-order chi connectivity index (χ0) is 21.6. The van der Waals surface area contributed by atoms with Crippen molar-refractivity contribution < 1.29 is 4.52 Å². The molecule has 0 spiro atoms. The average molecular weight is 426 g/mol. The van der Waals surface area contributed by atoms with Gasteiger partial charge in [0.1, 0.15) is 0 Å². The highest BCUT2D eigenvalue weighted by molar-refractivity contribution is 5.83. The number of likely N-dealkylation sites (tertiary alicyclic amines) is 1. The first-order valence-corrected chi connectivity index (χ1v) is 11.8. The molecule has 0 saturated carbocycles. The van der Waals surface area contributed by atoms with Gasteiger partial charge in [0.05, 0.1) is 5.69 Å². The Morgan fingerprint density at radius 1 is 0.844 bits per heavy atom. The molecule has 0 radical (unpaired) electrons. The molecule has 1 N–H and O–H groups in total. The maximum Gasteiger partial charge on any atom is 0.169 e. The number of hydrogen-bond donors (Lipinski definition) is 1. The van der Waals surface area contributed by atoms with Gasteiger partial charge in [0, 0.05) is 29.4 Å². The Labute approximate surface area is 190 Å². The standard InChI is InChI=1S/C28H31N3O/c1-3-7-22(8-4-1)15-18-31-19-16-23(17-20-31)11-14-27-26-13-12-25(21-28(26)32-30-27)29-24-9-5-2-6-10-24/h1-10,12-13,21,23,29H,11,14-20H2. The van der Waals surface area contributed by atoms with Crippen LogP contribution in [0.2, 0.25) is 0 Å². The third-order valence-corrected chi connectivity index (χ3v) is 6.67. The number of nitrogens with zero attached hydrogens (tertiary/aromatic N) is 2. The van der Waals surface area contributed by atoms with Crippen LogP contribution in [0.15, 0.2) is 83.4 Å². The molecule has 164 valence electrons. The van der Waals surface area contributed by atoms with Gasteiger partial charge in [-0.15, -0.1) is 0 Å². The summed E-state index contributed by atoms with van der Waals surface area (Å²) in [7, 11) is 0. The van der Waals surface area contributed by atoms with Gasteiger partial charge in [-0.3, -0.25) is 0 Å². The van der Waals surface area contributed by atoms with Crippen molar-refractivity contribution in [2.45, 2.75) is 32.1 Å². The molecule has 4 aromatic rings. The third kappa shape index (κ3) is 5.20. The molecule has 0 unspecified atom stereocenters. The van der Waals surface area contributed by atoms with E-state index in [9.17, 15) is 0 Å². The topological polar surface area (TPSA) is 41.3 Å². The summed E-state index contributed by atoms with van der Waals surface area (Å²) in [5.74, 6) is 0.786. The molecule has 32 heavy (non-hydrogen) atoms. The van der Waals surface area contributed by atoms with Crippen LogP contribution in [0.4, 0.5) is 11.4 Å². The van der Waals surface area contributed by atoms with Gasteiger partial charge in [-0.05, 0) is 80.9 Å². The van der Waals surface area contributed by atoms with Crippen LogP contribution in [-0.4, -0.2) is 29.7 Å². The first kappa shape index (κ1) is 20.8. The van der Waals surface area contributed by atoms with Crippen molar-refractivity contribution in [1.82, 2.24) is 10.1 Å². The minimum Gasteiger partial charge on any atom is -0.356 e. The summed E-state index contributed by atoms with van der Waals surface area (Å²) < 4.78 is 5.66. The van der Waals surface area contributed by atoms with Gasteiger partial charge >= 0.3 is 0 Å². The van der Waals surface area contributed by atoms with E-state index in [4.69, 9.17) is 4.52 Å². The minimum absolute atomic E-state index is 0.786. The van der Waals surface area contributed by atoms with Crippen molar-refractivity contribution in [1.29, 1.82) is 0 Å². The highest BCUT2D eigenvalue weighted by Gasteiger charge is 2.20. The molecule has 0 bridgehead atoms. The fraction of sp³-hybridized carbons (Fsp3) is 0.321. The van der Waals surface area contributed by atoms with Crippen molar-refractivity contribution in [3.8, 4) is 0 Å². The van der Waals surface area contributed by atoms with Gasteiger partial charge in [-0.1, -0.05) is 53.7 Å². The number of para-hydroxylation sites is 1. The number of fused-ring (bicyclic) bond motifs is 1. The molecule has 2 heterocycles. The molecular formula is C28H31N3O. The lowest BCUT2D eigenvalue weighted by Gasteiger charge is -2.31. The minimum atomic E-state index is 0.786. The zero-order valence-corrected chi connectivity index (χ0v) is 18.5. The molecule has 4 heteroatoms. The Morgan fingerprint density at radius 2 is 1.59 bits per heavy atom. The summed E-state index contributed by atoms with van der Waals surface area (Å²) in [6.45, 7) is 3.60. The quantitative estimate of drug-likeness (QED) is 0.352. The van der Waals surface area contributed by atoms with Crippen LogP contribution in [-0.2, 0) is 12.8 Å². The van der Waals surface area contributed by atoms with E-state index in [0.717, 1.165) is 46.8 Å². The van der Waals surface area contributed by atoms with E-state index in [0.29, 0.717) is 0 Å². The number of anilines is 2. The zero-order valence-electron chi connectivity index (χ0n) is 18.5. The molecule has 0 atom stereocenters. The lowest BCUT2D eigenvalue weighted by atomic mass is 9.91. The SMILES string of the molecule is c1ccc(CCN2CCC(CCc3noc4cc(Nc5ccccc5)ccc34)CC2)cc1. The molecule has 1 fully saturated rings. The Balaban J connectivity index is 1.11. The van der Waals surface area contributed by atoms with Crippen LogP contribution in [0.1, 0.15) is 30.5 Å². The third-order valence-electron chi connectivity index (χ3n) is 6.67. The van der Waals surface area contributed by atoms with E-state index in [1.165, 1.54) is 44.5 Å². The summed E-state index contributed by atoms with van der Waals surface area (Å²) in [6, 6.07) is 27.3. The smallest absolute Gasteiger partial charge is 0.169 e. The number of aromatic nitrogens is 1. The molecule has 1 aliphatic rings. The summed E-state index contributed by atoms with van der Waals surface area (Å²) in [5, 5.41) is 8.96. The van der Waals surface area contributed by atoms with Crippen molar-refractivity contribution >= 4 is 22.3 Å². The molecule has 1 aromatic heterocycles. The van der Waals surface area contributed by atoms with Crippen molar-refractivity contribution in [3.05, 3.63) is 90.1 Å². The second kappa shape index (κ2) is 10.0. The molecule has 4 nitrogen and oxygen atoms in total. The lowest BCUT2D eigenvalue weighted by molar-refractivity contribution is 0.180. The van der Waals surface area contributed by atoms with Crippen LogP contribution in [0, 0.1) is 5.92 Å². The van der Waals surface area contributed by atoms with E-state index >= 15 is 0 Å². The van der Waals surface area contributed by atoms with Crippen LogP contribution < -0.4 is 5.32 Å². The summed E-state index contributed by atoms with van der Waals surface area (Å²) >= 11 is 0. The summed E-state index contributed by atoms with van der Waals surface area (Å²) in [5.41, 5.74) is 5.49. The summed E-state index contributed by atoms with van der Waals surface area (Å²) in [6.07, 6.45) is 5.91. The Hall–Kier alpha value is -3.11. The molecule has 5 rings (SSSR count). The van der Waals surface area contributed by atoms with Crippen molar-refractivity contribution in [2.75, 3.05) is 25.0 Å². The normalized spacial score (nSPS) is 15.2. The predicted octanol–water partition coefficient (Wildman–Crippen LogP) is 6.46. The Bertz CT molecular complexity index is 1120. The average Bonchev–Trinajstić information content (AvgIpc) is 3.25. The van der Waals surface area contributed by atoms with Crippen LogP contribution in [0.5, 0.6) is 0 Å². The van der Waals surface area contributed by atoms with Gasteiger partial charge in [-0.25, -0.2) is 0 Å². The maximum absolute atomic E-state index is 5.66. The number of benzene rings is 3. The van der Waals surface area contributed by atoms with Crippen LogP contribution in [0.25, 0.3) is 11.0 Å². The fourth-order valence-electron chi connectivity index (χ4n) is 4.71. The number of nitrogens with one attached hydrogen (secondary N) is 1. The molecule has 1 aliphatic heterocycles. The number of piperidine rings is 1. The van der Waals surface area contributed by atoms with Crippen LogP contribution >= 0.6 is 0 Å². The Morgan fingerprint density at radius 3 is 2.38 bits per heavy atom.